The van der Waals surface area contributed by atoms with Crippen LogP contribution in [0.4, 0.5) is 0 Å². The molecule has 3 unspecified atom stereocenters. The normalized spacial score (nSPS) is 33.1. The summed E-state index contributed by atoms with van der Waals surface area (Å²) in [4.78, 5) is 11.9. The van der Waals surface area contributed by atoms with Gasteiger partial charge in [-0.25, -0.2) is 0 Å². The van der Waals surface area contributed by atoms with Crippen LogP contribution < -0.4 is 16.0 Å². The Balaban J connectivity index is 1.60. The largest absolute Gasteiger partial charge is 0.355 e. The van der Waals surface area contributed by atoms with Crippen molar-refractivity contribution in [3.63, 3.8) is 0 Å². The Bertz CT molecular complexity index is 264. The van der Waals surface area contributed by atoms with Crippen LogP contribution in [0.5, 0.6) is 0 Å². The molecule has 1 aliphatic heterocycles. The molecule has 1 saturated heterocycles. The Hall–Kier alpha value is -0.610. The standard InChI is InChI=1S/C14H27N3O/c1-11-3-2-4-12(9-11)5-6-17-14(18)13-10-15-7-8-16-13/h11-13,15-16H,2-10H2,1H3,(H,17,18). The lowest BCUT2D eigenvalue weighted by molar-refractivity contribution is -0.123. The summed E-state index contributed by atoms with van der Waals surface area (Å²) in [5, 5.41) is 9.55. The van der Waals surface area contributed by atoms with Crippen LogP contribution in [0.1, 0.15) is 39.0 Å². The van der Waals surface area contributed by atoms with Crippen molar-refractivity contribution in [2.45, 2.75) is 45.1 Å². The highest BCUT2D eigenvalue weighted by Gasteiger charge is 2.21. The first-order chi connectivity index (χ1) is 8.75. The second kappa shape index (κ2) is 7.10. The van der Waals surface area contributed by atoms with E-state index >= 15 is 0 Å². The van der Waals surface area contributed by atoms with Gasteiger partial charge in [0.1, 0.15) is 0 Å². The third-order valence-electron chi connectivity index (χ3n) is 4.25. The molecule has 0 radical (unpaired) electrons. The Labute approximate surface area is 110 Å². The number of carbonyl (C=O) groups is 1. The quantitative estimate of drug-likeness (QED) is 0.697. The Morgan fingerprint density at radius 2 is 2.22 bits per heavy atom. The molecule has 2 aliphatic rings. The zero-order valence-corrected chi connectivity index (χ0v) is 11.5. The molecule has 18 heavy (non-hydrogen) atoms. The third-order valence-corrected chi connectivity index (χ3v) is 4.25. The van der Waals surface area contributed by atoms with Crippen LogP contribution in [-0.2, 0) is 4.79 Å². The average molecular weight is 253 g/mol. The first-order valence-corrected chi connectivity index (χ1v) is 7.47. The van der Waals surface area contributed by atoms with Crippen LogP contribution in [0, 0.1) is 11.8 Å². The van der Waals surface area contributed by atoms with Crippen LogP contribution in [0.15, 0.2) is 0 Å². The molecule has 3 atom stereocenters. The lowest BCUT2D eigenvalue weighted by atomic mass is 9.81. The van der Waals surface area contributed by atoms with Gasteiger partial charge in [-0.1, -0.05) is 26.2 Å². The van der Waals surface area contributed by atoms with Gasteiger partial charge in [0.25, 0.3) is 0 Å². The number of hydrogen-bond acceptors (Lipinski definition) is 3. The fraction of sp³-hybridized carbons (Fsp3) is 0.929. The first kappa shape index (κ1) is 13.8. The Kier molecular flexibility index (Phi) is 5.45. The van der Waals surface area contributed by atoms with E-state index < -0.39 is 0 Å². The number of hydrogen-bond donors (Lipinski definition) is 3. The van der Waals surface area contributed by atoms with E-state index in [1.54, 1.807) is 0 Å². The average Bonchev–Trinajstić information content (AvgIpc) is 2.40. The van der Waals surface area contributed by atoms with Crippen molar-refractivity contribution in [2.24, 2.45) is 11.8 Å². The van der Waals surface area contributed by atoms with E-state index in [0.29, 0.717) is 0 Å². The number of carbonyl (C=O) groups excluding carboxylic acids is 1. The van der Waals surface area contributed by atoms with Gasteiger partial charge in [-0.3, -0.25) is 4.79 Å². The van der Waals surface area contributed by atoms with Crippen molar-refractivity contribution < 1.29 is 4.79 Å². The van der Waals surface area contributed by atoms with E-state index in [-0.39, 0.29) is 11.9 Å². The van der Waals surface area contributed by atoms with Crippen LogP contribution in [0.25, 0.3) is 0 Å². The predicted molar refractivity (Wildman–Crippen MR) is 73.4 cm³/mol. The molecule has 4 nitrogen and oxygen atoms in total. The van der Waals surface area contributed by atoms with Crippen molar-refractivity contribution >= 4 is 5.91 Å². The van der Waals surface area contributed by atoms with Crippen molar-refractivity contribution in [3.8, 4) is 0 Å². The number of piperazine rings is 1. The summed E-state index contributed by atoms with van der Waals surface area (Å²) in [6, 6.07) is -0.0379. The zero-order chi connectivity index (χ0) is 12.8. The molecule has 0 bridgehead atoms. The molecule has 0 aromatic heterocycles. The van der Waals surface area contributed by atoms with E-state index in [1.165, 1.54) is 25.7 Å². The molecule has 4 heteroatoms. The summed E-state index contributed by atoms with van der Waals surface area (Å²) in [6.45, 7) is 5.80. The van der Waals surface area contributed by atoms with Gasteiger partial charge >= 0.3 is 0 Å². The first-order valence-electron chi connectivity index (χ1n) is 7.47. The van der Waals surface area contributed by atoms with E-state index in [4.69, 9.17) is 0 Å². The van der Waals surface area contributed by atoms with Crippen LogP contribution >= 0.6 is 0 Å². The highest BCUT2D eigenvalue weighted by Crippen LogP contribution is 2.30. The van der Waals surface area contributed by atoms with E-state index in [1.807, 2.05) is 0 Å². The molecule has 3 N–H and O–H groups in total. The van der Waals surface area contributed by atoms with Gasteiger partial charge in [0.05, 0.1) is 6.04 Å². The minimum absolute atomic E-state index is 0.0379. The second-order valence-electron chi connectivity index (χ2n) is 5.93. The molecule has 2 rings (SSSR count). The fourth-order valence-corrected chi connectivity index (χ4v) is 3.18. The molecule has 0 spiro atoms. The summed E-state index contributed by atoms with van der Waals surface area (Å²) >= 11 is 0. The van der Waals surface area contributed by atoms with Crippen molar-refractivity contribution in [1.29, 1.82) is 0 Å². The molecule has 0 aromatic rings. The summed E-state index contributed by atoms with van der Waals surface area (Å²) in [5.74, 6) is 1.86. The molecule has 1 saturated carbocycles. The zero-order valence-electron chi connectivity index (χ0n) is 11.5. The van der Waals surface area contributed by atoms with E-state index in [2.05, 4.69) is 22.9 Å². The molecule has 1 aliphatic carbocycles. The van der Waals surface area contributed by atoms with Gasteiger partial charge in [-0.05, 0) is 24.7 Å². The number of amides is 1. The maximum Gasteiger partial charge on any atom is 0.238 e. The highest BCUT2D eigenvalue weighted by molar-refractivity contribution is 5.82. The van der Waals surface area contributed by atoms with Crippen molar-refractivity contribution in [3.05, 3.63) is 0 Å². The second-order valence-corrected chi connectivity index (χ2v) is 5.93. The van der Waals surface area contributed by atoms with Gasteiger partial charge in [0, 0.05) is 26.2 Å². The van der Waals surface area contributed by atoms with Gasteiger partial charge in [-0.2, -0.15) is 0 Å². The highest BCUT2D eigenvalue weighted by atomic mass is 16.2. The number of nitrogens with one attached hydrogen (secondary N) is 3. The van der Waals surface area contributed by atoms with Gasteiger partial charge in [-0.15, -0.1) is 0 Å². The summed E-state index contributed by atoms with van der Waals surface area (Å²) in [7, 11) is 0. The Morgan fingerprint density at radius 1 is 1.33 bits per heavy atom. The van der Waals surface area contributed by atoms with Crippen LogP contribution in [-0.4, -0.2) is 38.1 Å². The fourth-order valence-electron chi connectivity index (χ4n) is 3.18. The summed E-state index contributed by atoms with van der Waals surface area (Å²) < 4.78 is 0. The van der Waals surface area contributed by atoms with E-state index in [9.17, 15) is 4.79 Å². The number of rotatable bonds is 4. The Morgan fingerprint density at radius 3 is 2.94 bits per heavy atom. The maximum atomic E-state index is 11.9. The minimum Gasteiger partial charge on any atom is -0.355 e. The van der Waals surface area contributed by atoms with E-state index in [0.717, 1.165) is 44.4 Å². The van der Waals surface area contributed by atoms with Gasteiger partial charge < -0.3 is 16.0 Å². The van der Waals surface area contributed by atoms with Crippen molar-refractivity contribution in [1.82, 2.24) is 16.0 Å². The lowest BCUT2D eigenvalue weighted by Crippen LogP contribution is -2.55. The van der Waals surface area contributed by atoms with Crippen molar-refractivity contribution in [2.75, 3.05) is 26.2 Å². The summed E-state index contributed by atoms with van der Waals surface area (Å²) in [6.07, 6.45) is 6.60. The molecular formula is C14H27N3O. The topological polar surface area (TPSA) is 53.2 Å². The smallest absolute Gasteiger partial charge is 0.238 e. The SMILES string of the molecule is CC1CCCC(CCNC(=O)C2CNCCN2)C1. The molecule has 1 amide bonds. The molecule has 1 heterocycles. The van der Waals surface area contributed by atoms with Crippen LogP contribution in [0.2, 0.25) is 0 Å². The van der Waals surface area contributed by atoms with Gasteiger partial charge in [0.15, 0.2) is 0 Å². The molecule has 104 valence electrons. The van der Waals surface area contributed by atoms with Crippen LogP contribution in [0.3, 0.4) is 0 Å². The molecular weight excluding hydrogens is 226 g/mol. The summed E-state index contributed by atoms with van der Waals surface area (Å²) in [5.41, 5.74) is 0. The molecule has 2 fully saturated rings. The third kappa shape index (κ3) is 4.25. The lowest BCUT2D eigenvalue weighted by Gasteiger charge is -2.27. The maximum absolute atomic E-state index is 11.9. The predicted octanol–water partition coefficient (Wildman–Crippen LogP) is 0.880. The minimum atomic E-state index is -0.0379. The van der Waals surface area contributed by atoms with Gasteiger partial charge in [0.2, 0.25) is 5.91 Å². The molecule has 0 aromatic carbocycles. The monoisotopic (exact) mass is 253 g/mol.